The van der Waals surface area contributed by atoms with Crippen LogP contribution in [0.25, 0.3) is 0 Å². The Bertz CT molecular complexity index is 770. The van der Waals surface area contributed by atoms with Crippen molar-refractivity contribution in [3.8, 4) is 0 Å². The third kappa shape index (κ3) is 5.12. The normalized spacial score (nSPS) is 21.1. The number of likely N-dealkylation sites (tertiary alicyclic amines) is 1. The van der Waals surface area contributed by atoms with Crippen molar-refractivity contribution in [2.24, 2.45) is 11.8 Å². The predicted octanol–water partition coefficient (Wildman–Crippen LogP) is 2.69. The molecule has 1 saturated heterocycles. The first-order chi connectivity index (χ1) is 13.9. The Hall–Kier alpha value is -2.48. The lowest BCUT2D eigenvalue weighted by Gasteiger charge is -2.19. The monoisotopic (exact) mass is 416 g/mol. The van der Waals surface area contributed by atoms with E-state index in [9.17, 15) is 14.4 Å². The average molecular weight is 417 g/mol. The third-order valence-electron chi connectivity index (χ3n) is 5.65. The van der Waals surface area contributed by atoms with Gasteiger partial charge in [-0.15, -0.1) is 0 Å². The summed E-state index contributed by atoms with van der Waals surface area (Å²) in [5.41, 5.74) is 7.20. The zero-order valence-electron chi connectivity index (χ0n) is 16.9. The zero-order chi connectivity index (χ0) is 21.0. The number of fused-ring (bicyclic) bond motifs is 1. The molecule has 2 aliphatic rings. The van der Waals surface area contributed by atoms with Crippen LogP contribution in [0.5, 0.6) is 0 Å². The molecular weight excluding hydrogens is 388 g/mol. The van der Waals surface area contributed by atoms with Crippen LogP contribution in [0.15, 0.2) is 24.3 Å². The number of hydrogen-bond donors (Lipinski definition) is 3. The summed E-state index contributed by atoms with van der Waals surface area (Å²) >= 11 is 5.18. The number of carbonyl (C=O) groups is 3. The van der Waals surface area contributed by atoms with E-state index in [1.54, 1.807) is 0 Å². The predicted molar refractivity (Wildman–Crippen MR) is 115 cm³/mol. The van der Waals surface area contributed by atoms with Gasteiger partial charge in [0.2, 0.25) is 17.7 Å². The van der Waals surface area contributed by atoms with Gasteiger partial charge in [-0.1, -0.05) is 38.8 Å². The Morgan fingerprint density at radius 1 is 1.07 bits per heavy atom. The van der Waals surface area contributed by atoms with Gasteiger partial charge in [0.1, 0.15) is 0 Å². The molecule has 0 spiro atoms. The number of amides is 3. The number of rotatable bonds is 5. The van der Waals surface area contributed by atoms with Crippen LogP contribution in [0.1, 0.15) is 57.4 Å². The molecule has 0 unspecified atom stereocenters. The summed E-state index contributed by atoms with van der Waals surface area (Å²) in [5, 5.41) is 3.25. The van der Waals surface area contributed by atoms with Gasteiger partial charge in [-0.25, -0.2) is 0 Å². The fourth-order valence-corrected chi connectivity index (χ4v) is 4.14. The second kappa shape index (κ2) is 9.35. The van der Waals surface area contributed by atoms with E-state index in [0.717, 1.165) is 31.4 Å². The summed E-state index contributed by atoms with van der Waals surface area (Å²) in [4.78, 5) is 38.2. The van der Waals surface area contributed by atoms with Gasteiger partial charge < -0.3 is 5.32 Å². The van der Waals surface area contributed by atoms with Crippen LogP contribution in [-0.4, -0.2) is 34.3 Å². The van der Waals surface area contributed by atoms with Crippen molar-refractivity contribution in [1.29, 1.82) is 0 Å². The maximum Gasteiger partial charge on any atom is 0.240 e. The number of carbonyl (C=O) groups excluding carboxylic acids is 3. The molecule has 0 bridgehead atoms. The lowest BCUT2D eigenvalue weighted by Crippen LogP contribution is -2.45. The van der Waals surface area contributed by atoms with E-state index in [2.05, 4.69) is 30.0 Å². The SMILES string of the molecule is CC(C)c1ccc(NC(=S)NNC(=O)CCN2C(=O)[C@H]3CCCC[C@H]3C2=O)cc1. The minimum Gasteiger partial charge on any atom is -0.331 e. The van der Waals surface area contributed by atoms with Crippen LogP contribution in [-0.2, 0) is 14.4 Å². The van der Waals surface area contributed by atoms with Gasteiger partial charge in [-0.2, -0.15) is 0 Å². The summed E-state index contributed by atoms with van der Waals surface area (Å²) in [7, 11) is 0. The zero-order valence-corrected chi connectivity index (χ0v) is 17.7. The topological polar surface area (TPSA) is 90.5 Å². The average Bonchev–Trinajstić information content (AvgIpc) is 2.95. The van der Waals surface area contributed by atoms with Gasteiger partial charge in [0.25, 0.3) is 0 Å². The van der Waals surface area contributed by atoms with Crippen LogP contribution in [0.3, 0.4) is 0 Å². The second-order valence-corrected chi connectivity index (χ2v) is 8.39. The molecule has 1 aliphatic carbocycles. The Morgan fingerprint density at radius 3 is 2.21 bits per heavy atom. The van der Waals surface area contributed by atoms with Crippen molar-refractivity contribution < 1.29 is 14.4 Å². The van der Waals surface area contributed by atoms with Crippen molar-refractivity contribution in [3.05, 3.63) is 29.8 Å². The summed E-state index contributed by atoms with van der Waals surface area (Å²) in [6.07, 6.45) is 3.57. The Kier molecular flexibility index (Phi) is 6.84. The van der Waals surface area contributed by atoms with Crippen molar-refractivity contribution in [2.75, 3.05) is 11.9 Å². The molecule has 1 aromatic rings. The first-order valence-corrected chi connectivity index (χ1v) is 10.6. The fourth-order valence-electron chi connectivity index (χ4n) is 3.97. The van der Waals surface area contributed by atoms with Crippen LogP contribution in [0.2, 0.25) is 0 Å². The van der Waals surface area contributed by atoms with E-state index in [0.29, 0.717) is 5.92 Å². The summed E-state index contributed by atoms with van der Waals surface area (Å²) in [6.45, 7) is 4.36. The molecule has 1 aromatic carbocycles. The first-order valence-electron chi connectivity index (χ1n) is 10.2. The molecule has 1 heterocycles. The fraction of sp³-hybridized carbons (Fsp3) is 0.524. The van der Waals surface area contributed by atoms with Gasteiger partial charge >= 0.3 is 0 Å². The molecular formula is C21H28N4O3S. The highest BCUT2D eigenvalue weighted by Gasteiger charge is 2.47. The molecule has 29 heavy (non-hydrogen) atoms. The summed E-state index contributed by atoms with van der Waals surface area (Å²) in [6, 6.07) is 7.90. The third-order valence-corrected chi connectivity index (χ3v) is 5.85. The molecule has 156 valence electrons. The largest absolute Gasteiger partial charge is 0.331 e. The number of thiocarbonyl (C=S) groups is 1. The van der Waals surface area contributed by atoms with Crippen molar-refractivity contribution in [1.82, 2.24) is 15.8 Å². The number of hydrazine groups is 1. The van der Waals surface area contributed by atoms with E-state index < -0.39 is 0 Å². The van der Waals surface area contributed by atoms with Crippen molar-refractivity contribution in [3.63, 3.8) is 0 Å². The molecule has 1 saturated carbocycles. The molecule has 7 nitrogen and oxygen atoms in total. The van der Waals surface area contributed by atoms with E-state index in [1.807, 2.05) is 24.3 Å². The summed E-state index contributed by atoms with van der Waals surface area (Å²) < 4.78 is 0. The highest BCUT2D eigenvalue weighted by Crippen LogP contribution is 2.37. The molecule has 3 amide bonds. The molecule has 2 fully saturated rings. The maximum absolute atomic E-state index is 12.4. The molecule has 3 rings (SSSR count). The Morgan fingerprint density at radius 2 is 1.66 bits per heavy atom. The van der Waals surface area contributed by atoms with Gasteiger partial charge in [-0.3, -0.25) is 30.1 Å². The van der Waals surface area contributed by atoms with Crippen molar-refractivity contribution in [2.45, 2.75) is 51.9 Å². The summed E-state index contributed by atoms with van der Waals surface area (Å²) in [5.74, 6) is -0.496. The van der Waals surface area contributed by atoms with E-state index in [1.165, 1.54) is 10.5 Å². The number of benzene rings is 1. The van der Waals surface area contributed by atoms with Crippen molar-refractivity contribution >= 4 is 40.7 Å². The highest BCUT2D eigenvalue weighted by molar-refractivity contribution is 7.80. The van der Waals surface area contributed by atoms with E-state index >= 15 is 0 Å². The Labute approximate surface area is 176 Å². The smallest absolute Gasteiger partial charge is 0.240 e. The lowest BCUT2D eigenvalue weighted by molar-refractivity contribution is -0.140. The number of nitrogens with zero attached hydrogens (tertiary/aromatic N) is 1. The molecule has 8 heteroatoms. The second-order valence-electron chi connectivity index (χ2n) is 7.98. The minimum atomic E-state index is -0.334. The number of anilines is 1. The maximum atomic E-state index is 12.4. The quantitative estimate of drug-likeness (QED) is 0.388. The van der Waals surface area contributed by atoms with Crippen LogP contribution >= 0.6 is 12.2 Å². The van der Waals surface area contributed by atoms with E-state index in [4.69, 9.17) is 12.2 Å². The van der Waals surface area contributed by atoms with Crippen LogP contribution < -0.4 is 16.2 Å². The van der Waals surface area contributed by atoms with Gasteiger partial charge in [0.05, 0.1) is 11.8 Å². The number of nitrogens with one attached hydrogen (secondary N) is 3. The number of hydrogen-bond acceptors (Lipinski definition) is 4. The minimum absolute atomic E-state index is 0.0373. The molecule has 0 radical (unpaired) electrons. The van der Waals surface area contributed by atoms with Crippen LogP contribution in [0.4, 0.5) is 5.69 Å². The standard InChI is InChI=1S/C21H28N4O3S/c1-13(2)14-7-9-15(10-8-14)22-21(29)24-23-18(26)11-12-25-19(27)16-5-3-4-6-17(16)20(25)28/h7-10,13,16-17H,3-6,11-12H2,1-2H3,(H,23,26)(H2,22,24,29)/t16-,17+. The van der Waals surface area contributed by atoms with Crippen LogP contribution in [0, 0.1) is 11.8 Å². The first kappa shape index (κ1) is 21.2. The molecule has 3 N–H and O–H groups in total. The number of imide groups is 1. The van der Waals surface area contributed by atoms with E-state index in [-0.39, 0.29) is 47.6 Å². The lowest BCUT2D eigenvalue weighted by atomic mass is 9.81. The molecule has 1 aliphatic heterocycles. The Balaban J connectivity index is 1.41. The highest BCUT2D eigenvalue weighted by atomic mass is 32.1. The van der Waals surface area contributed by atoms with Gasteiger partial charge in [-0.05, 0) is 48.7 Å². The molecule has 2 atom stereocenters. The molecule has 0 aromatic heterocycles. The van der Waals surface area contributed by atoms with Gasteiger partial charge in [0.15, 0.2) is 5.11 Å². The van der Waals surface area contributed by atoms with Gasteiger partial charge in [0, 0.05) is 18.7 Å².